The molecule has 36 heavy (non-hydrogen) atoms. The Hall–Kier alpha value is -2.96. The molecule has 6 heteroatoms. The fraction of sp³-hybridized carbons (Fsp3) is 0.467. The summed E-state index contributed by atoms with van der Waals surface area (Å²) in [4.78, 5) is 0. The fourth-order valence-corrected chi connectivity index (χ4v) is 5.30. The van der Waals surface area contributed by atoms with Gasteiger partial charge in [-0.05, 0) is 61.4 Å². The van der Waals surface area contributed by atoms with Crippen LogP contribution in [0.3, 0.4) is 0 Å². The van der Waals surface area contributed by atoms with Crippen LogP contribution in [-0.4, -0.2) is 40.4 Å². The molecule has 0 aromatic carbocycles. The average Bonchev–Trinajstić information content (AvgIpc) is 2.94. The van der Waals surface area contributed by atoms with Crippen LogP contribution in [0.4, 0.5) is 0 Å². The first kappa shape index (κ1) is 26.1. The zero-order valence-corrected chi connectivity index (χ0v) is 20.7. The molecule has 4 aliphatic rings. The molecule has 6 nitrogen and oxygen atoms in total. The third-order valence-corrected chi connectivity index (χ3v) is 7.25. The van der Waals surface area contributed by atoms with Crippen LogP contribution < -0.4 is 0 Å². The van der Waals surface area contributed by atoms with Crippen molar-refractivity contribution in [3.63, 3.8) is 0 Å². The summed E-state index contributed by atoms with van der Waals surface area (Å²) in [6.45, 7) is 0. The molecule has 4 aliphatic heterocycles. The first-order valence-electron chi connectivity index (χ1n) is 13.0. The van der Waals surface area contributed by atoms with Gasteiger partial charge >= 0.3 is 0 Å². The molecule has 4 unspecified atom stereocenters. The highest BCUT2D eigenvalue weighted by Crippen LogP contribution is 2.45. The van der Waals surface area contributed by atoms with E-state index in [9.17, 15) is 10.2 Å². The van der Waals surface area contributed by atoms with Crippen LogP contribution in [0.2, 0.25) is 0 Å². The molecule has 0 bridgehead atoms. The molecule has 0 aliphatic carbocycles. The predicted molar refractivity (Wildman–Crippen MR) is 139 cm³/mol. The van der Waals surface area contributed by atoms with Crippen molar-refractivity contribution in [2.24, 2.45) is 5.41 Å². The van der Waals surface area contributed by atoms with E-state index in [-0.39, 0.29) is 24.7 Å². The van der Waals surface area contributed by atoms with Gasteiger partial charge < -0.3 is 29.2 Å². The Kier molecular flexibility index (Phi) is 9.31. The molecule has 0 aromatic rings. The summed E-state index contributed by atoms with van der Waals surface area (Å²) in [6, 6.07) is 0. The van der Waals surface area contributed by atoms with E-state index in [0.717, 1.165) is 44.9 Å². The van der Waals surface area contributed by atoms with Crippen LogP contribution in [0.5, 0.6) is 0 Å². The minimum atomic E-state index is -1.84. The molecule has 0 aromatic heterocycles. The topological polar surface area (TPSA) is 77.4 Å². The van der Waals surface area contributed by atoms with Gasteiger partial charge in [0.2, 0.25) is 5.79 Å². The number of rotatable bonds is 13. The van der Waals surface area contributed by atoms with E-state index >= 15 is 0 Å². The van der Waals surface area contributed by atoms with Crippen molar-refractivity contribution in [3.05, 3.63) is 98.0 Å². The van der Waals surface area contributed by atoms with Gasteiger partial charge in [-0.2, -0.15) is 0 Å². The second-order valence-corrected chi connectivity index (χ2v) is 9.69. The molecular weight excluding hydrogens is 456 g/mol. The predicted octanol–water partition coefficient (Wildman–Crippen LogP) is 5.65. The third kappa shape index (κ3) is 6.42. The maximum Gasteiger partial charge on any atom is 0.204 e. The van der Waals surface area contributed by atoms with Crippen molar-refractivity contribution in [1.29, 1.82) is 0 Å². The second kappa shape index (κ2) is 12.8. The Morgan fingerprint density at radius 2 is 0.806 bits per heavy atom. The maximum atomic E-state index is 10.3. The largest absolute Gasteiger partial charge is 0.493 e. The van der Waals surface area contributed by atoms with Crippen molar-refractivity contribution < 1.29 is 29.2 Å². The van der Waals surface area contributed by atoms with E-state index in [1.807, 2.05) is 36.5 Å². The van der Waals surface area contributed by atoms with Crippen molar-refractivity contribution in [2.45, 2.75) is 81.6 Å². The molecule has 0 amide bonds. The summed E-state index contributed by atoms with van der Waals surface area (Å²) in [6.07, 6.45) is 35.8. The van der Waals surface area contributed by atoms with Crippen LogP contribution in [0.15, 0.2) is 98.0 Å². The van der Waals surface area contributed by atoms with Crippen molar-refractivity contribution in [1.82, 2.24) is 0 Å². The summed E-state index contributed by atoms with van der Waals surface area (Å²) < 4.78 is 23.7. The molecule has 0 saturated heterocycles. The SMILES string of the molecule is OC(O)(CCCCCCCCC(C1C=CC=CO1)(C1C=CC=CO1)C1C=CC=CO1)C1C=CC=CO1. The van der Waals surface area contributed by atoms with Crippen molar-refractivity contribution in [3.8, 4) is 0 Å². The lowest BCUT2D eigenvalue weighted by atomic mass is 9.67. The van der Waals surface area contributed by atoms with Gasteiger partial charge in [0.1, 0.15) is 18.3 Å². The van der Waals surface area contributed by atoms with E-state index in [2.05, 4.69) is 18.2 Å². The molecule has 4 rings (SSSR count). The number of hydrogen-bond donors (Lipinski definition) is 2. The van der Waals surface area contributed by atoms with Gasteiger partial charge in [0, 0.05) is 6.42 Å². The van der Waals surface area contributed by atoms with E-state index in [4.69, 9.17) is 18.9 Å². The third-order valence-electron chi connectivity index (χ3n) is 7.25. The standard InChI is InChI=1S/C30H38O6/c31-30(32,28-18-8-14-24-36-28)20-10-4-2-1-3-9-19-29(25-15-5-11-21-33-25,26-16-6-12-22-34-26)27-17-7-13-23-35-27/h5-8,11-18,21-28,31-32H,1-4,9-10,19-20H2. The normalized spacial score (nSPS) is 27.7. The molecule has 4 atom stereocenters. The van der Waals surface area contributed by atoms with Gasteiger partial charge in [-0.1, -0.05) is 56.4 Å². The van der Waals surface area contributed by atoms with E-state index in [0.29, 0.717) is 0 Å². The molecule has 0 radical (unpaired) electrons. The summed E-state index contributed by atoms with van der Waals surface area (Å²) >= 11 is 0. The molecule has 0 spiro atoms. The smallest absolute Gasteiger partial charge is 0.204 e. The van der Waals surface area contributed by atoms with E-state index in [1.54, 1.807) is 37.0 Å². The Morgan fingerprint density at radius 3 is 1.19 bits per heavy atom. The number of aliphatic hydroxyl groups is 2. The number of hydrogen-bond acceptors (Lipinski definition) is 6. The molecule has 4 heterocycles. The average molecular weight is 495 g/mol. The minimum Gasteiger partial charge on any atom is -0.493 e. The highest BCUT2D eigenvalue weighted by molar-refractivity contribution is 5.25. The first-order chi connectivity index (χ1) is 17.6. The lowest BCUT2D eigenvalue weighted by Gasteiger charge is -2.47. The van der Waals surface area contributed by atoms with E-state index < -0.39 is 17.3 Å². The Balaban J connectivity index is 1.29. The van der Waals surface area contributed by atoms with Crippen LogP contribution >= 0.6 is 0 Å². The summed E-state index contributed by atoms with van der Waals surface area (Å²) in [5, 5.41) is 20.6. The lowest BCUT2D eigenvalue weighted by Crippen LogP contribution is -2.54. The zero-order valence-electron chi connectivity index (χ0n) is 20.7. The van der Waals surface area contributed by atoms with Gasteiger partial charge in [0.25, 0.3) is 0 Å². The zero-order chi connectivity index (χ0) is 25.1. The monoisotopic (exact) mass is 494 g/mol. The quantitative estimate of drug-likeness (QED) is 0.255. The maximum absolute atomic E-state index is 10.3. The molecule has 2 N–H and O–H groups in total. The molecule has 0 fully saturated rings. The molecule has 0 saturated carbocycles. The Morgan fingerprint density at radius 1 is 0.444 bits per heavy atom. The second-order valence-electron chi connectivity index (χ2n) is 9.69. The van der Waals surface area contributed by atoms with E-state index in [1.165, 1.54) is 6.26 Å². The highest BCUT2D eigenvalue weighted by atomic mass is 16.6. The van der Waals surface area contributed by atoms with Gasteiger partial charge in [-0.25, -0.2) is 0 Å². The van der Waals surface area contributed by atoms with Gasteiger partial charge in [0.05, 0.1) is 30.5 Å². The minimum absolute atomic E-state index is 0.182. The Bertz CT molecular complexity index is 861. The highest BCUT2D eigenvalue weighted by Gasteiger charge is 2.52. The first-order valence-corrected chi connectivity index (χ1v) is 13.0. The molecular formula is C30H38O6. The van der Waals surface area contributed by atoms with Crippen LogP contribution in [0.25, 0.3) is 0 Å². The molecule has 194 valence electrons. The number of ether oxygens (including phenoxy) is 4. The fourth-order valence-electron chi connectivity index (χ4n) is 5.30. The van der Waals surface area contributed by atoms with Gasteiger partial charge in [-0.15, -0.1) is 0 Å². The number of unbranched alkanes of at least 4 members (excludes halogenated alkanes) is 5. The van der Waals surface area contributed by atoms with Crippen LogP contribution in [0, 0.1) is 5.41 Å². The summed E-state index contributed by atoms with van der Waals surface area (Å²) in [5.41, 5.74) is -0.431. The van der Waals surface area contributed by atoms with Crippen molar-refractivity contribution in [2.75, 3.05) is 0 Å². The van der Waals surface area contributed by atoms with Crippen molar-refractivity contribution >= 4 is 0 Å². The lowest BCUT2D eigenvalue weighted by molar-refractivity contribution is -0.217. The number of allylic oxidation sites excluding steroid dienone is 8. The van der Waals surface area contributed by atoms with Crippen LogP contribution in [0.1, 0.15) is 51.4 Å². The Labute approximate surface area is 214 Å². The summed E-state index contributed by atoms with van der Waals surface area (Å²) in [7, 11) is 0. The summed E-state index contributed by atoms with van der Waals surface area (Å²) in [5.74, 6) is -1.84. The van der Waals surface area contributed by atoms with Gasteiger partial charge in [-0.3, -0.25) is 0 Å². The van der Waals surface area contributed by atoms with Gasteiger partial charge in [0.15, 0.2) is 6.10 Å². The van der Waals surface area contributed by atoms with Crippen LogP contribution in [-0.2, 0) is 18.9 Å².